The molecule has 0 bridgehead atoms. The predicted molar refractivity (Wildman–Crippen MR) is 82.0 cm³/mol. The standard InChI is InChI=1S/C12H18BrClN2S/c1-16(5-6-17-2)12(8-15)10-7-9(13)3-4-11(10)14/h3-4,7,12H,5-6,8,15H2,1-2H3. The maximum atomic E-state index is 6.24. The van der Waals surface area contributed by atoms with E-state index in [9.17, 15) is 0 Å². The molecular weight excluding hydrogens is 320 g/mol. The molecule has 0 aromatic heterocycles. The van der Waals surface area contributed by atoms with Crippen molar-refractivity contribution in [3.05, 3.63) is 33.3 Å². The molecule has 2 N–H and O–H groups in total. The second-order valence-corrected chi connectivity index (χ2v) is 6.20. The van der Waals surface area contributed by atoms with Crippen molar-refractivity contribution in [3.63, 3.8) is 0 Å². The maximum absolute atomic E-state index is 6.24. The zero-order valence-corrected chi connectivity index (χ0v) is 13.3. The summed E-state index contributed by atoms with van der Waals surface area (Å²) in [5.41, 5.74) is 6.96. The molecule has 1 aromatic rings. The Bertz CT molecular complexity index is 362. The van der Waals surface area contributed by atoms with E-state index in [2.05, 4.69) is 40.2 Å². The number of benzene rings is 1. The van der Waals surface area contributed by atoms with E-state index in [1.165, 1.54) is 0 Å². The number of hydrogen-bond acceptors (Lipinski definition) is 3. The van der Waals surface area contributed by atoms with Crippen LogP contribution in [-0.4, -0.2) is 37.0 Å². The lowest BCUT2D eigenvalue weighted by Gasteiger charge is -2.28. The average molecular weight is 338 g/mol. The van der Waals surface area contributed by atoms with Gasteiger partial charge in [0.05, 0.1) is 0 Å². The van der Waals surface area contributed by atoms with Gasteiger partial charge in [-0.15, -0.1) is 0 Å². The van der Waals surface area contributed by atoms with Crippen molar-refractivity contribution in [2.45, 2.75) is 6.04 Å². The molecule has 0 radical (unpaired) electrons. The summed E-state index contributed by atoms with van der Waals surface area (Å²) in [5.74, 6) is 1.10. The molecule has 0 aliphatic rings. The monoisotopic (exact) mass is 336 g/mol. The Morgan fingerprint density at radius 3 is 2.82 bits per heavy atom. The Balaban J connectivity index is 2.88. The van der Waals surface area contributed by atoms with E-state index in [4.69, 9.17) is 17.3 Å². The van der Waals surface area contributed by atoms with Gasteiger partial charge in [-0.3, -0.25) is 4.90 Å². The van der Waals surface area contributed by atoms with Crippen molar-refractivity contribution in [1.82, 2.24) is 4.90 Å². The third-order valence-electron chi connectivity index (χ3n) is 2.72. The Morgan fingerprint density at radius 2 is 2.24 bits per heavy atom. The summed E-state index contributed by atoms with van der Waals surface area (Å²) in [4.78, 5) is 2.25. The highest BCUT2D eigenvalue weighted by Gasteiger charge is 2.18. The molecule has 0 saturated carbocycles. The second kappa shape index (κ2) is 7.64. The van der Waals surface area contributed by atoms with Crippen molar-refractivity contribution in [1.29, 1.82) is 0 Å². The van der Waals surface area contributed by atoms with Crippen LogP contribution < -0.4 is 5.73 Å². The fourth-order valence-corrected chi connectivity index (χ4v) is 2.80. The van der Waals surface area contributed by atoms with Crippen molar-refractivity contribution in [3.8, 4) is 0 Å². The number of rotatable bonds is 6. The van der Waals surface area contributed by atoms with Gasteiger partial charge in [0.2, 0.25) is 0 Å². The van der Waals surface area contributed by atoms with E-state index in [0.717, 1.165) is 27.4 Å². The van der Waals surface area contributed by atoms with Gasteiger partial charge in [-0.05, 0) is 37.1 Å². The van der Waals surface area contributed by atoms with Crippen LogP contribution in [0.15, 0.2) is 22.7 Å². The molecule has 1 unspecified atom stereocenters. The van der Waals surface area contributed by atoms with Gasteiger partial charge in [0.25, 0.3) is 0 Å². The van der Waals surface area contributed by atoms with E-state index in [-0.39, 0.29) is 6.04 Å². The minimum atomic E-state index is 0.173. The van der Waals surface area contributed by atoms with E-state index in [0.29, 0.717) is 6.54 Å². The summed E-state index contributed by atoms with van der Waals surface area (Å²) in [6, 6.07) is 6.08. The first kappa shape index (κ1) is 15.3. The van der Waals surface area contributed by atoms with Crippen LogP contribution in [0.4, 0.5) is 0 Å². The molecule has 1 rings (SSSR count). The smallest absolute Gasteiger partial charge is 0.0482 e. The minimum absolute atomic E-state index is 0.173. The molecule has 0 aliphatic carbocycles. The molecule has 0 aliphatic heterocycles. The average Bonchev–Trinajstić information content (AvgIpc) is 2.32. The summed E-state index contributed by atoms with van der Waals surface area (Å²) in [5, 5.41) is 0.777. The summed E-state index contributed by atoms with van der Waals surface area (Å²) >= 11 is 11.5. The Hall–Kier alpha value is 0.260. The summed E-state index contributed by atoms with van der Waals surface area (Å²) in [7, 11) is 2.09. The Kier molecular flexibility index (Phi) is 6.89. The molecule has 5 heteroatoms. The van der Waals surface area contributed by atoms with Crippen molar-refractivity contribution >= 4 is 39.3 Å². The van der Waals surface area contributed by atoms with E-state index in [1.54, 1.807) is 0 Å². The number of nitrogens with zero attached hydrogens (tertiary/aromatic N) is 1. The first-order valence-corrected chi connectivity index (χ1v) is 8.00. The van der Waals surface area contributed by atoms with Crippen LogP contribution in [0, 0.1) is 0 Å². The number of halogens is 2. The summed E-state index contributed by atoms with van der Waals surface area (Å²) in [6.45, 7) is 1.58. The Morgan fingerprint density at radius 1 is 1.53 bits per heavy atom. The number of nitrogens with two attached hydrogens (primary N) is 1. The van der Waals surface area contributed by atoms with Gasteiger partial charge in [-0.2, -0.15) is 11.8 Å². The zero-order chi connectivity index (χ0) is 12.8. The summed E-state index contributed by atoms with van der Waals surface area (Å²) < 4.78 is 1.04. The highest BCUT2D eigenvalue weighted by molar-refractivity contribution is 9.10. The van der Waals surface area contributed by atoms with Crippen molar-refractivity contribution < 1.29 is 0 Å². The Labute approximate surface area is 121 Å². The topological polar surface area (TPSA) is 29.3 Å². The lowest BCUT2D eigenvalue weighted by atomic mass is 10.1. The van der Waals surface area contributed by atoms with Crippen LogP contribution in [0.25, 0.3) is 0 Å². The molecule has 2 nitrogen and oxygen atoms in total. The predicted octanol–water partition coefficient (Wildman–Crippen LogP) is 3.40. The van der Waals surface area contributed by atoms with E-state index >= 15 is 0 Å². The van der Waals surface area contributed by atoms with Gasteiger partial charge in [0.15, 0.2) is 0 Å². The number of hydrogen-bond donors (Lipinski definition) is 1. The second-order valence-electron chi connectivity index (χ2n) is 3.89. The van der Waals surface area contributed by atoms with Crippen LogP contribution in [0.5, 0.6) is 0 Å². The van der Waals surface area contributed by atoms with Gasteiger partial charge in [0.1, 0.15) is 0 Å². The normalized spacial score (nSPS) is 13.1. The van der Waals surface area contributed by atoms with Gasteiger partial charge in [-0.25, -0.2) is 0 Å². The number of likely N-dealkylation sites (N-methyl/N-ethyl adjacent to an activating group) is 1. The molecule has 96 valence electrons. The van der Waals surface area contributed by atoms with Crippen LogP contribution in [-0.2, 0) is 0 Å². The lowest BCUT2D eigenvalue weighted by Crippen LogP contribution is -2.32. The fourth-order valence-electron chi connectivity index (χ4n) is 1.71. The van der Waals surface area contributed by atoms with Gasteiger partial charge >= 0.3 is 0 Å². The van der Waals surface area contributed by atoms with E-state index < -0.39 is 0 Å². The SMILES string of the molecule is CSCCN(C)C(CN)c1cc(Br)ccc1Cl. The third-order valence-corrected chi connectivity index (χ3v) is 4.15. The fraction of sp³-hybridized carbons (Fsp3) is 0.500. The van der Waals surface area contributed by atoms with Crippen LogP contribution >= 0.6 is 39.3 Å². The van der Waals surface area contributed by atoms with Crippen LogP contribution in [0.3, 0.4) is 0 Å². The number of thioether (sulfide) groups is 1. The highest BCUT2D eigenvalue weighted by Crippen LogP contribution is 2.29. The quantitative estimate of drug-likeness (QED) is 0.862. The molecule has 0 fully saturated rings. The molecule has 0 spiro atoms. The van der Waals surface area contributed by atoms with Crippen molar-refractivity contribution in [2.24, 2.45) is 5.73 Å². The molecular formula is C12H18BrClN2S. The first-order chi connectivity index (χ1) is 8.10. The van der Waals surface area contributed by atoms with Crippen LogP contribution in [0.2, 0.25) is 5.02 Å². The molecule has 1 atom stereocenters. The van der Waals surface area contributed by atoms with E-state index in [1.807, 2.05) is 23.9 Å². The van der Waals surface area contributed by atoms with Gasteiger partial charge in [-0.1, -0.05) is 27.5 Å². The van der Waals surface area contributed by atoms with Crippen LogP contribution in [0.1, 0.15) is 11.6 Å². The lowest BCUT2D eigenvalue weighted by molar-refractivity contribution is 0.266. The molecule has 0 saturated heterocycles. The zero-order valence-electron chi connectivity index (χ0n) is 10.1. The molecule has 0 heterocycles. The van der Waals surface area contributed by atoms with Crippen molar-refractivity contribution in [2.75, 3.05) is 32.1 Å². The summed E-state index contributed by atoms with van der Waals surface area (Å²) in [6.07, 6.45) is 2.11. The maximum Gasteiger partial charge on any atom is 0.0482 e. The van der Waals surface area contributed by atoms with Gasteiger partial charge in [0, 0.05) is 34.4 Å². The third kappa shape index (κ3) is 4.45. The first-order valence-electron chi connectivity index (χ1n) is 5.44. The van der Waals surface area contributed by atoms with Gasteiger partial charge < -0.3 is 5.73 Å². The molecule has 17 heavy (non-hydrogen) atoms. The molecule has 1 aromatic carbocycles. The highest BCUT2D eigenvalue weighted by atomic mass is 79.9. The molecule has 0 amide bonds. The largest absolute Gasteiger partial charge is 0.329 e. The minimum Gasteiger partial charge on any atom is -0.329 e.